The number of hydrogen-bond donors (Lipinski definition) is 1. The molecule has 0 saturated carbocycles. The fourth-order valence-electron chi connectivity index (χ4n) is 2.11. The zero-order valence-corrected chi connectivity index (χ0v) is 9.42. The lowest BCUT2D eigenvalue weighted by Gasteiger charge is -2.16. The maximum absolute atomic E-state index is 13.1. The van der Waals surface area contributed by atoms with Gasteiger partial charge >= 0.3 is 0 Å². The lowest BCUT2D eigenvalue weighted by molar-refractivity contribution is -0.121. The van der Waals surface area contributed by atoms with Crippen LogP contribution in [0.25, 0.3) is 0 Å². The van der Waals surface area contributed by atoms with E-state index >= 15 is 0 Å². The summed E-state index contributed by atoms with van der Waals surface area (Å²) < 4.78 is 13.1. The van der Waals surface area contributed by atoms with E-state index in [9.17, 15) is 9.18 Å². The second kappa shape index (κ2) is 4.64. The summed E-state index contributed by atoms with van der Waals surface area (Å²) >= 11 is 0. The van der Waals surface area contributed by atoms with Crippen LogP contribution in [0.2, 0.25) is 0 Å². The molecular formula is C13H16FNO. The molecular weight excluding hydrogens is 205 g/mol. The van der Waals surface area contributed by atoms with Crippen molar-refractivity contribution in [2.45, 2.75) is 38.6 Å². The summed E-state index contributed by atoms with van der Waals surface area (Å²) in [4.78, 5) is 11.4. The molecule has 1 aromatic rings. The fourth-order valence-corrected chi connectivity index (χ4v) is 2.11. The Kier molecular flexibility index (Phi) is 3.22. The van der Waals surface area contributed by atoms with Crippen molar-refractivity contribution in [3.63, 3.8) is 0 Å². The standard InChI is InChI=1S/C13H16FNO/c1-9-8-10(6-7-11(9)14)12-4-2-3-5-13(16)15-12/h6-8,12H,2-5H2,1H3,(H,15,16). The SMILES string of the molecule is Cc1cc(C2CCCCC(=O)N2)ccc1F. The van der Waals surface area contributed by atoms with E-state index in [1.807, 2.05) is 6.07 Å². The summed E-state index contributed by atoms with van der Waals surface area (Å²) in [7, 11) is 0. The minimum Gasteiger partial charge on any atom is -0.349 e. The normalized spacial score (nSPS) is 21.4. The van der Waals surface area contributed by atoms with Crippen molar-refractivity contribution < 1.29 is 9.18 Å². The number of carbonyl (C=O) groups is 1. The molecule has 0 spiro atoms. The van der Waals surface area contributed by atoms with Crippen LogP contribution in [-0.2, 0) is 4.79 Å². The summed E-state index contributed by atoms with van der Waals surface area (Å²) in [5, 5.41) is 2.98. The number of carbonyl (C=O) groups excluding carboxylic acids is 1. The highest BCUT2D eigenvalue weighted by Gasteiger charge is 2.18. The molecule has 1 unspecified atom stereocenters. The Balaban J connectivity index is 2.21. The number of aryl methyl sites for hydroxylation is 1. The van der Waals surface area contributed by atoms with Gasteiger partial charge in [0, 0.05) is 6.42 Å². The van der Waals surface area contributed by atoms with Gasteiger partial charge in [0.15, 0.2) is 0 Å². The first-order valence-electron chi connectivity index (χ1n) is 5.72. The van der Waals surface area contributed by atoms with Gasteiger partial charge in [0.25, 0.3) is 0 Å². The van der Waals surface area contributed by atoms with Crippen molar-refractivity contribution >= 4 is 5.91 Å². The lowest BCUT2D eigenvalue weighted by Crippen LogP contribution is -2.26. The number of nitrogens with one attached hydrogen (secondary N) is 1. The quantitative estimate of drug-likeness (QED) is 0.776. The van der Waals surface area contributed by atoms with Crippen LogP contribution in [0, 0.1) is 12.7 Å². The van der Waals surface area contributed by atoms with E-state index in [-0.39, 0.29) is 17.8 Å². The molecule has 1 atom stereocenters. The van der Waals surface area contributed by atoms with Gasteiger partial charge < -0.3 is 5.32 Å². The van der Waals surface area contributed by atoms with Crippen molar-refractivity contribution in [1.29, 1.82) is 0 Å². The summed E-state index contributed by atoms with van der Waals surface area (Å²) in [5.41, 5.74) is 1.64. The van der Waals surface area contributed by atoms with Gasteiger partial charge in [-0.25, -0.2) is 4.39 Å². The number of halogens is 1. The first-order valence-corrected chi connectivity index (χ1v) is 5.72. The van der Waals surface area contributed by atoms with Crippen LogP contribution in [-0.4, -0.2) is 5.91 Å². The van der Waals surface area contributed by atoms with Crippen LogP contribution < -0.4 is 5.32 Å². The molecule has 3 heteroatoms. The highest BCUT2D eigenvalue weighted by atomic mass is 19.1. The van der Waals surface area contributed by atoms with E-state index in [4.69, 9.17) is 0 Å². The van der Waals surface area contributed by atoms with Gasteiger partial charge in [-0.15, -0.1) is 0 Å². The second-order valence-corrected chi connectivity index (χ2v) is 4.37. The van der Waals surface area contributed by atoms with E-state index in [1.165, 1.54) is 6.07 Å². The summed E-state index contributed by atoms with van der Waals surface area (Å²) in [5.74, 6) is -0.0897. The molecule has 1 fully saturated rings. The molecule has 1 saturated heterocycles. The Morgan fingerprint density at radius 2 is 2.19 bits per heavy atom. The van der Waals surface area contributed by atoms with Crippen LogP contribution in [0.1, 0.15) is 42.9 Å². The number of amides is 1. The van der Waals surface area contributed by atoms with Gasteiger partial charge in [0.05, 0.1) is 6.04 Å². The van der Waals surface area contributed by atoms with Crippen LogP contribution in [0.3, 0.4) is 0 Å². The van der Waals surface area contributed by atoms with Crippen LogP contribution in [0.5, 0.6) is 0 Å². The molecule has 0 aromatic heterocycles. The van der Waals surface area contributed by atoms with E-state index in [2.05, 4.69) is 5.32 Å². The van der Waals surface area contributed by atoms with Crippen molar-refractivity contribution in [2.24, 2.45) is 0 Å². The molecule has 2 nitrogen and oxygen atoms in total. The third kappa shape index (κ3) is 2.40. The predicted molar refractivity (Wildman–Crippen MR) is 60.5 cm³/mol. The maximum Gasteiger partial charge on any atom is 0.220 e. The Labute approximate surface area is 94.9 Å². The van der Waals surface area contributed by atoms with Crippen LogP contribution in [0.4, 0.5) is 4.39 Å². The third-order valence-electron chi connectivity index (χ3n) is 3.07. The van der Waals surface area contributed by atoms with Crippen LogP contribution in [0.15, 0.2) is 18.2 Å². The largest absolute Gasteiger partial charge is 0.349 e. The molecule has 1 aliphatic heterocycles. The molecule has 1 aliphatic rings. The summed E-state index contributed by atoms with van der Waals surface area (Å²) in [6.45, 7) is 1.75. The molecule has 1 heterocycles. The zero-order chi connectivity index (χ0) is 11.5. The van der Waals surface area contributed by atoms with Crippen LogP contribution >= 0.6 is 0 Å². The number of benzene rings is 1. The summed E-state index contributed by atoms with van der Waals surface area (Å²) in [6.07, 6.45) is 3.54. The van der Waals surface area contributed by atoms with Gasteiger partial charge in [-0.1, -0.05) is 18.6 Å². The molecule has 1 N–H and O–H groups in total. The third-order valence-corrected chi connectivity index (χ3v) is 3.07. The van der Waals surface area contributed by atoms with Gasteiger partial charge in [-0.05, 0) is 37.0 Å². The Bertz CT molecular complexity index is 403. The Morgan fingerprint density at radius 1 is 1.38 bits per heavy atom. The molecule has 86 valence electrons. The zero-order valence-electron chi connectivity index (χ0n) is 9.42. The highest BCUT2D eigenvalue weighted by molar-refractivity contribution is 5.76. The van der Waals surface area contributed by atoms with E-state index < -0.39 is 0 Å². The second-order valence-electron chi connectivity index (χ2n) is 4.37. The monoisotopic (exact) mass is 221 g/mol. The first kappa shape index (κ1) is 11.1. The lowest BCUT2D eigenvalue weighted by atomic mass is 10.0. The van der Waals surface area contributed by atoms with E-state index in [1.54, 1.807) is 13.0 Å². The van der Waals surface area contributed by atoms with Crippen molar-refractivity contribution in [3.05, 3.63) is 35.1 Å². The Morgan fingerprint density at radius 3 is 2.94 bits per heavy atom. The minimum absolute atomic E-state index is 0.0503. The Hall–Kier alpha value is -1.38. The molecule has 0 radical (unpaired) electrons. The molecule has 0 bridgehead atoms. The topological polar surface area (TPSA) is 29.1 Å². The van der Waals surface area contributed by atoms with Crippen molar-refractivity contribution in [1.82, 2.24) is 5.32 Å². The van der Waals surface area contributed by atoms with E-state index in [0.29, 0.717) is 12.0 Å². The molecule has 1 amide bonds. The fraction of sp³-hybridized carbons (Fsp3) is 0.462. The summed E-state index contributed by atoms with van der Waals surface area (Å²) in [6, 6.07) is 5.11. The first-order chi connectivity index (χ1) is 7.66. The predicted octanol–water partition coefficient (Wildman–Crippen LogP) is 2.87. The minimum atomic E-state index is -0.191. The number of rotatable bonds is 1. The number of hydrogen-bond acceptors (Lipinski definition) is 1. The highest BCUT2D eigenvalue weighted by Crippen LogP contribution is 2.24. The molecule has 1 aromatic carbocycles. The van der Waals surface area contributed by atoms with Gasteiger partial charge in [0.1, 0.15) is 5.82 Å². The maximum atomic E-state index is 13.1. The molecule has 0 aliphatic carbocycles. The van der Waals surface area contributed by atoms with Crippen molar-refractivity contribution in [2.75, 3.05) is 0 Å². The molecule has 2 rings (SSSR count). The van der Waals surface area contributed by atoms with Crippen molar-refractivity contribution in [3.8, 4) is 0 Å². The van der Waals surface area contributed by atoms with Gasteiger partial charge in [0.2, 0.25) is 5.91 Å². The van der Waals surface area contributed by atoms with Gasteiger partial charge in [-0.2, -0.15) is 0 Å². The van der Waals surface area contributed by atoms with Gasteiger partial charge in [-0.3, -0.25) is 4.79 Å². The molecule has 16 heavy (non-hydrogen) atoms. The average molecular weight is 221 g/mol. The average Bonchev–Trinajstić information content (AvgIpc) is 2.47. The smallest absolute Gasteiger partial charge is 0.220 e. The van der Waals surface area contributed by atoms with E-state index in [0.717, 1.165) is 24.8 Å².